The number of rotatable bonds is 12. The Kier molecular flexibility index (Phi) is 10.6. The third-order valence-corrected chi connectivity index (χ3v) is 11.2. The zero-order valence-corrected chi connectivity index (χ0v) is 32.3. The van der Waals surface area contributed by atoms with Crippen LogP contribution in [0.3, 0.4) is 0 Å². The summed E-state index contributed by atoms with van der Waals surface area (Å²) in [7, 11) is 0. The minimum Gasteiger partial charge on any atom is -0.458 e. The van der Waals surface area contributed by atoms with Gasteiger partial charge in [0.05, 0.1) is 35.6 Å². The molecule has 5 aromatic rings. The number of hydrogen-bond acceptors (Lipinski definition) is 10. The van der Waals surface area contributed by atoms with Gasteiger partial charge in [-0.2, -0.15) is 0 Å². The molecule has 0 saturated carbocycles. The number of carbonyl (C=O) groups excluding carboxylic acids is 4. The summed E-state index contributed by atoms with van der Waals surface area (Å²) in [4.78, 5) is 68.6. The van der Waals surface area contributed by atoms with Crippen LogP contribution in [0.2, 0.25) is 0 Å². The Balaban J connectivity index is 0.818. The fourth-order valence-electron chi connectivity index (χ4n) is 8.03. The number of carbonyl (C=O) groups is 4. The molecule has 4 heterocycles. The molecule has 0 fully saturated rings. The normalized spacial score (nSPS) is 16.0. The summed E-state index contributed by atoms with van der Waals surface area (Å²) in [6.45, 7) is 2.81. The number of amides is 4. The standard InChI is InChI=1S/C43H41FN6O9/c1-3-43(56)33-15-36-38-30(19-50(36)39(52)32(33)21-58-40(43)53)29(28-14-23(2)34(44)16-35(28)49-38)17-46-41(54)45-12-13-57-22-48-37(51)18-47-42(55)59-20-31-26-10-6-4-8-24(26)25-9-5-7-11-27(25)31/h4-11,14-16,31,56H,3,12-13,17-22H2,1-2H3,(H,47,55)(H,48,51)(H2,45,46,54)/t43-/m0/s1. The summed E-state index contributed by atoms with van der Waals surface area (Å²) in [5.74, 6) is -1.92. The Hall–Kier alpha value is -6.65. The molecule has 3 aliphatic rings. The number of nitrogens with zero attached hydrogens (tertiary/aromatic N) is 2. The van der Waals surface area contributed by atoms with E-state index in [-0.39, 0.29) is 76.2 Å². The van der Waals surface area contributed by atoms with Gasteiger partial charge in [0.15, 0.2) is 5.60 Å². The molecule has 3 aromatic carbocycles. The predicted octanol–water partition coefficient (Wildman–Crippen LogP) is 3.96. The Bertz CT molecular complexity index is 2570. The Labute approximate surface area is 336 Å². The third-order valence-electron chi connectivity index (χ3n) is 11.2. The van der Waals surface area contributed by atoms with Crippen LogP contribution in [-0.4, -0.2) is 71.7 Å². The Morgan fingerprint density at radius 3 is 2.44 bits per heavy atom. The lowest BCUT2D eigenvalue weighted by Crippen LogP contribution is -2.44. The smallest absolute Gasteiger partial charge is 0.407 e. The first kappa shape index (κ1) is 39.2. The van der Waals surface area contributed by atoms with Gasteiger partial charge in [-0.1, -0.05) is 55.5 Å². The molecule has 2 aromatic heterocycles. The minimum absolute atomic E-state index is 0.00516. The van der Waals surface area contributed by atoms with Crippen LogP contribution in [0.25, 0.3) is 33.4 Å². The maximum absolute atomic E-state index is 14.8. The Morgan fingerprint density at radius 2 is 1.71 bits per heavy atom. The zero-order valence-electron chi connectivity index (χ0n) is 32.3. The van der Waals surface area contributed by atoms with Crippen LogP contribution >= 0.6 is 0 Å². The number of aryl methyl sites for hydroxylation is 1. The van der Waals surface area contributed by atoms with Crippen LogP contribution < -0.4 is 26.8 Å². The maximum Gasteiger partial charge on any atom is 0.407 e. The van der Waals surface area contributed by atoms with Gasteiger partial charge in [-0.3, -0.25) is 9.59 Å². The number of ether oxygens (including phenoxy) is 3. The number of cyclic esters (lactones) is 1. The first-order chi connectivity index (χ1) is 28.5. The predicted molar refractivity (Wildman–Crippen MR) is 211 cm³/mol. The van der Waals surface area contributed by atoms with Gasteiger partial charge >= 0.3 is 18.1 Å². The number of pyridine rings is 2. The van der Waals surface area contributed by atoms with Crippen molar-refractivity contribution in [3.63, 3.8) is 0 Å². The van der Waals surface area contributed by atoms with E-state index in [0.717, 1.165) is 22.3 Å². The van der Waals surface area contributed by atoms with Crippen LogP contribution in [-0.2, 0) is 49.1 Å². The van der Waals surface area contributed by atoms with Crippen molar-refractivity contribution >= 4 is 34.9 Å². The zero-order chi connectivity index (χ0) is 41.4. The van der Waals surface area contributed by atoms with Crippen LogP contribution in [0, 0.1) is 12.7 Å². The molecule has 0 saturated heterocycles. The molecular formula is C43H41FN6O9. The monoisotopic (exact) mass is 804 g/mol. The number of aliphatic hydroxyl groups is 1. The molecule has 2 aliphatic heterocycles. The molecule has 1 atom stereocenters. The second-order valence-electron chi connectivity index (χ2n) is 14.6. The van der Waals surface area contributed by atoms with Crippen molar-refractivity contribution in [1.82, 2.24) is 30.8 Å². The van der Waals surface area contributed by atoms with E-state index in [4.69, 9.17) is 19.2 Å². The van der Waals surface area contributed by atoms with Gasteiger partial charge in [0.25, 0.3) is 5.56 Å². The van der Waals surface area contributed by atoms with Gasteiger partial charge in [0.2, 0.25) is 5.91 Å². The van der Waals surface area contributed by atoms with Crippen molar-refractivity contribution in [3.05, 3.63) is 122 Å². The summed E-state index contributed by atoms with van der Waals surface area (Å²) < 4.78 is 32.3. The average molecular weight is 805 g/mol. The highest BCUT2D eigenvalue weighted by molar-refractivity contribution is 5.90. The van der Waals surface area contributed by atoms with Crippen molar-refractivity contribution in [3.8, 4) is 22.5 Å². The van der Waals surface area contributed by atoms with E-state index in [2.05, 4.69) is 21.3 Å². The summed E-state index contributed by atoms with van der Waals surface area (Å²) in [6, 6.07) is 19.9. The van der Waals surface area contributed by atoms with Crippen molar-refractivity contribution in [2.75, 3.05) is 33.0 Å². The van der Waals surface area contributed by atoms with Crippen molar-refractivity contribution in [1.29, 1.82) is 0 Å². The number of nitrogens with one attached hydrogen (secondary N) is 4. The van der Waals surface area contributed by atoms with Crippen molar-refractivity contribution in [2.45, 2.75) is 51.5 Å². The average Bonchev–Trinajstić information content (AvgIpc) is 3.77. The lowest BCUT2D eigenvalue weighted by atomic mass is 9.86. The van der Waals surface area contributed by atoms with Crippen LogP contribution in [0.5, 0.6) is 0 Å². The number of hydrogen-bond donors (Lipinski definition) is 5. The second-order valence-corrected chi connectivity index (χ2v) is 14.6. The number of benzene rings is 3. The molecule has 8 rings (SSSR count). The number of aromatic nitrogens is 2. The largest absolute Gasteiger partial charge is 0.458 e. The van der Waals surface area contributed by atoms with Crippen LogP contribution in [0.4, 0.5) is 14.0 Å². The highest BCUT2D eigenvalue weighted by Crippen LogP contribution is 2.45. The molecule has 4 amide bonds. The van der Waals surface area contributed by atoms with Gasteiger partial charge in [-0.15, -0.1) is 0 Å². The van der Waals surface area contributed by atoms with Crippen LogP contribution in [0.15, 0.2) is 71.5 Å². The number of esters is 1. The third kappa shape index (κ3) is 7.25. The highest BCUT2D eigenvalue weighted by atomic mass is 19.1. The lowest BCUT2D eigenvalue weighted by Gasteiger charge is -2.31. The molecule has 0 bridgehead atoms. The number of halogens is 1. The molecule has 0 spiro atoms. The lowest BCUT2D eigenvalue weighted by molar-refractivity contribution is -0.172. The van der Waals surface area contributed by atoms with E-state index in [1.807, 2.05) is 48.5 Å². The molecule has 16 heteroatoms. The van der Waals surface area contributed by atoms with E-state index in [1.165, 1.54) is 10.6 Å². The van der Waals surface area contributed by atoms with Crippen molar-refractivity contribution in [2.24, 2.45) is 0 Å². The number of urea groups is 1. The number of alkyl carbamates (subject to hydrolysis) is 1. The van der Waals surface area contributed by atoms with E-state index in [1.54, 1.807) is 26.0 Å². The Morgan fingerprint density at radius 1 is 0.983 bits per heavy atom. The topological polar surface area (TPSA) is 199 Å². The van der Waals surface area contributed by atoms with Gasteiger partial charge in [0, 0.05) is 41.6 Å². The molecule has 0 unspecified atom stereocenters. The minimum atomic E-state index is -2.01. The highest BCUT2D eigenvalue weighted by Gasteiger charge is 2.45. The van der Waals surface area contributed by atoms with Crippen LogP contribution in [0.1, 0.15) is 58.2 Å². The van der Waals surface area contributed by atoms with Gasteiger partial charge < -0.3 is 45.2 Å². The molecule has 1 aliphatic carbocycles. The second kappa shape index (κ2) is 15.9. The number of fused-ring (bicyclic) bond motifs is 8. The SMILES string of the molecule is CC[C@@]1(O)C(=O)OCc2c1cc1n(c2=O)Cc2c-1nc1cc(F)c(C)cc1c2CNC(=O)NCCOCNC(=O)CNC(=O)OCC1c2ccccc2-c2ccccc21. The fraction of sp³-hybridized carbons (Fsp3) is 0.302. The quantitative estimate of drug-likeness (QED) is 0.0686. The molecule has 304 valence electrons. The molecular weight excluding hydrogens is 764 g/mol. The molecule has 5 N–H and O–H groups in total. The van der Waals surface area contributed by atoms with E-state index >= 15 is 0 Å². The van der Waals surface area contributed by atoms with Gasteiger partial charge in [-0.25, -0.2) is 23.8 Å². The summed E-state index contributed by atoms with van der Waals surface area (Å²) >= 11 is 0. The van der Waals surface area contributed by atoms with Gasteiger partial charge in [-0.05, 0) is 58.9 Å². The fourth-order valence-corrected chi connectivity index (χ4v) is 8.03. The van der Waals surface area contributed by atoms with Crippen molar-refractivity contribution < 1.29 is 42.9 Å². The molecule has 59 heavy (non-hydrogen) atoms. The summed E-state index contributed by atoms with van der Waals surface area (Å²) in [6.07, 6.45) is -0.739. The first-order valence-electron chi connectivity index (χ1n) is 19.2. The van der Waals surface area contributed by atoms with E-state index < -0.39 is 41.0 Å². The molecule has 15 nitrogen and oxygen atoms in total. The van der Waals surface area contributed by atoms with E-state index in [0.29, 0.717) is 39.0 Å². The van der Waals surface area contributed by atoms with Gasteiger partial charge in [0.1, 0.15) is 32.3 Å². The molecule has 0 radical (unpaired) electrons. The maximum atomic E-state index is 14.8. The summed E-state index contributed by atoms with van der Waals surface area (Å²) in [5.41, 5.74) is 4.90. The first-order valence-corrected chi connectivity index (χ1v) is 19.2. The summed E-state index contributed by atoms with van der Waals surface area (Å²) in [5, 5.41) is 22.3. The van der Waals surface area contributed by atoms with E-state index in [9.17, 15) is 33.5 Å².